The summed E-state index contributed by atoms with van der Waals surface area (Å²) in [5, 5.41) is 13.1. The van der Waals surface area contributed by atoms with Crippen LogP contribution in [0.15, 0.2) is 206 Å². The van der Waals surface area contributed by atoms with Gasteiger partial charge in [0.15, 0.2) is 0 Å². The van der Waals surface area contributed by atoms with Crippen LogP contribution in [0.3, 0.4) is 0 Å². The van der Waals surface area contributed by atoms with E-state index in [1.54, 1.807) is 0 Å². The molecule has 2 aliphatic rings. The molecule has 4 nitrogen and oxygen atoms in total. The molecule has 0 amide bonds. The molecule has 0 N–H and O–H groups in total. The summed E-state index contributed by atoms with van der Waals surface area (Å²) in [4.78, 5) is 5.38. The maximum Gasteiger partial charge on any atom is 0.0564 e. The van der Waals surface area contributed by atoms with Gasteiger partial charge in [0.2, 0.25) is 0 Å². The number of hydrogen-bond donors (Lipinski definition) is 0. The molecule has 0 bridgehead atoms. The minimum Gasteiger partial charge on any atom is -0.309 e. The van der Waals surface area contributed by atoms with Crippen LogP contribution in [0.5, 0.6) is 0 Å². The molecule has 0 spiro atoms. The summed E-state index contributed by atoms with van der Waals surface area (Å²) >= 11 is 0. The molecule has 0 atom stereocenters. The summed E-state index contributed by atoms with van der Waals surface area (Å²) in [6.07, 6.45) is 9.17. The third kappa shape index (κ3) is 7.72. The van der Waals surface area contributed by atoms with E-state index in [1.807, 2.05) is 0 Å². The molecular weight excluding hydrogens is 1020 g/mol. The average molecular weight is 1090 g/mol. The maximum absolute atomic E-state index is 2.69. The van der Waals surface area contributed by atoms with E-state index in [0.717, 1.165) is 25.7 Å². The molecule has 0 saturated carbocycles. The first-order chi connectivity index (χ1) is 41.2. The second kappa shape index (κ2) is 19.8. The van der Waals surface area contributed by atoms with Crippen LogP contribution in [0.25, 0.3) is 87.3 Å². The van der Waals surface area contributed by atoms with Crippen molar-refractivity contribution in [1.29, 1.82) is 0 Å². The minimum atomic E-state index is 0.257. The van der Waals surface area contributed by atoms with Crippen LogP contribution < -0.4 is 9.80 Å². The summed E-state index contributed by atoms with van der Waals surface area (Å²) in [5.41, 5.74) is 25.9. The van der Waals surface area contributed by atoms with Crippen molar-refractivity contribution in [2.75, 3.05) is 9.80 Å². The number of aryl methyl sites for hydroxylation is 4. The van der Waals surface area contributed by atoms with E-state index >= 15 is 0 Å². The van der Waals surface area contributed by atoms with Crippen molar-refractivity contribution >= 4 is 110 Å². The van der Waals surface area contributed by atoms with Gasteiger partial charge in [0.05, 0.1) is 33.4 Å². The zero-order valence-corrected chi connectivity index (χ0v) is 49.2. The van der Waals surface area contributed by atoms with Crippen molar-refractivity contribution in [1.82, 2.24) is 9.13 Å². The predicted octanol–water partition coefficient (Wildman–Crippen LogP) is 22.3. The Morgan fingerprint density at radius 2 is 0.714 bits per heavy atom. The number of aromatic nitrogens is 2. The van der Waals surface area contributed by atoms with Crippen LogP contribution in [-0.4, -0.2) is 9.13 Å². The zero-order valence-electron chi connectivity index (χ0n) is 49.2. The van der Waals surface area contributed by atoms with Crippen molar-refractivity contribution in [3.05, 3.63) is 251 Å². The van der Waals surface area contributed by atoms with Gasteiger partial charge in [-0.2, -0.15) is 0 Å². The number of rotatable bonds is 10. The fraction of sp³-hybridized carbons (Fsp3) is 0.200. The average Bonchev–Trinajstić information content (AvgIpc) is 0.823. The van der Waals surface area contributed by atoms with E-state index in [4.69, 9.17) is 0 Å². The topological polar surface area (TPSA) is 16.3 Å². The van der Waals surface area contributed by atoms with Gasteiger partial charge in [-0.25, -0.2) is 0 Å². The molecule has 12 aromatic carbocycles. The molecule has 410 valence electrons. The summed E-state index contributed by atoms with van der Waals surface area (Å²) in [7, 11) is 0. The molecule has 16 rings (SSSR count). The first kappa shape index (κ1) is 50.6. The van der Waals surface area contributed by atoms with E-state index in [1.165, 1.54) is 192 Å². The number of fused-ring (bicyclic) bond motifs is 8. The third-order valence-corrected chi connectivity index (χ3v) is 19.3. The standard InChI is InChI=1S/C80H70N4/c1-49(2)67-47-73(83(69-37-21-25-53-23-13-15-31-59(53)69)57-43-51(5)77-63-33-17-19-35-71(63)81(75(77)45-57)55-27-9-7-10-28-55)65-42-40-62-68(50(3)4)48-74(66-41-39-61(67)79(65)80(62)66)84(70-38-22-26-54-24-14-16-32-60(54)70)58-44-52(6)78-64-34-18-20-36-72(64)82(76(78)46-58)56-29-11-8-12-30-56/h7-12,17-22,25-30,33-50H,13-16,23-24,31-32H2,1-6H3. The van der Waals surface area contributed by atoms with E-state index in [0.29, 0.717) is 0 Å². The Kier molecular flexibility index (Phi) is 11.9. The third-order valence-electron chi connectivity index (χ3n) is 19.3. The highest BCUT2D eigenvalue weighted by Gasteiger charge is 2.31. The highest BCUT2D eigenvalue weighted by atomic mass is 15.2. The van der Waals surface area contributed by atoms with Crippen LogP contribution in [0, 0.1) is 13.8 Å². The van der Waals surface area contributed by atoms with Crippen LogP contribution in [0.2, 0.25) is 0 Å². The van der Waals surface area contributed by atoms with Crippen molar-refractivity contribution in [3.8, 4) is 11.4 Å². The molecule has 0 radical (unpaired) electrons. The van der Waals surface area contributed by atoms with Crippen molar-refractivity contribution in [2.24, 2.45) is 0 Å². The Bertz CT molecular complexity index is 4630. The predicted molar refractivity (Wildman–Crippen MR) is 359 cm³/mol. The van der Waals surface area contributed by atoms with Gasteiger partial charge in [0.25, 0.3) is 0 Å². The molecule has 84 heavy (non-hydrogen) atoms. The summed E-state index contributed by atoms with van der Waals surface area (Å²) in [6.45, 7) is 14.3. The molecule has 14 aromatic rings. The lowest BCUT2D eigenvalue weighted by molar-refractivity contribution is 0.686. The Morgan fingerprint density at radius 1 is 0.321 bits per heavy atom. The number of para-hydroxylation sites is 4. The molecule has 2 heterocycles. The second-order valence-corrected chi connectivity index (χ2v) is 25.0. The van der Waals surface area contributed by atoms with Gasteiger partial charge in [-0.05, 0) is 228 Å². The Morgan fingerprint density at radius 3 is 1.14 bits per heavy atom. The number of nitrogens with zero attached hydrogens (tertiary/aromatic N) is 4. The van der Waals surface area contributed by atoms with Crippen molar-refractivity contribution < 1.29 is 0 Å². The fourth-order valence-electron chi connectivity index (χ4n) is 15.6. The molecule has 0 unspecified atom stereocenters. The molecule has 4 heteroatoms. The first-order valence-electron chi connectivity index (χ1n) is 31.0. The van der Waals surface area contributed by atoms with E-state index < -0.39 is 0 Å². The Labute approximate surface area is 493 Å². The fourth-order valence-corrected chi connectivity index (χ4v) is 15.6. The van der Waals surface area contributed by atoms with Crippen LogP contribution in [0.4, 0.5) is 34.1 Å². The summed E-state index contributed by atoms with van der Waals surface area (Å²) < 4.78 is 4.99. The molecule has 0 saturated heterocycles. The zero-order chi connectivity index (χ0) is 56.5. The second-order valence-electron chi connectivity index (χ2n) is 25.0. The molecule has 0 fully saturated rings. The SMILES string of the molecule is Cc1cc(N(c2cccc3c2CCCC3)c2cc(C(C)C)c3ccc4c(N(c5cc(C)c6c7ccccc7n(-c7ccccc7)c6c5)c5cccc6c5CCCC6)cc(C(C)C)c5ccc2c3c54)cc2c1c1ccccc1n2-c1ccccc1. The molecule has 2 aromatic heterocycles. The lowest BCUT2D eigenvalue weighted by atomic mass is 9.83. The quantitative estimate of drug-likeness (QED) is 0.127. The van der Waals surface area contributed by atoms with E-state index in [9.17, 15) is 0 Å². The van der Waals surface area contributed by atoms with Gasteiger partial charge in [0.1, 0.15) is 0 Å². The minimum absolute atomic E-state index is 0.257. The van der Waals surface area contributed by atoms with Crippen molar-refractivity contribution in [2.45, 2.75) is 105 Å². The molecule has 0 aliphatic heterocycles. The van der Waals surface area contributed by atoms with Gasteiger partial charge in [0, 0.05) is 66.4 Å². The summed E-state index contributed by atoms with van der Waals surface area (Å²) in [6, 6.07) is 79.3. The van der Waals surface area contributed by atoms with E-state index in [-0.39, 0.29) is 11.8 Å². The lowest BCUT2D eigenvalue weighted by Gasteiger charge is -2.34. The monoisotopic (exact) mass is 1090 g/mol. The number of benzene rings is 12. The highest BCUT2D eigenvalue weighted by molar-refractivity contribution is 6.30. The largest absolute Gasteiger partial charge is 0.309 e. The van der Waals surface area contributed by atoms with Crippen LogP contribution in [-0.2, 0) is 25.7 Å². The van der Waals surface area contributed by atoms with Gasteiger partial charge in [-0.15, -0.1) is 0 Å². The van der Waals surface area contributed by atoms with Crippen LogP contribution >= 0.6 is 0 Å². The lowest BCUT2D eigenvalue weighted by Crippen LogP contribution is -2.17. The van der Waals surface area contributed by atoms with Crippen LogP contribution in [0.1, 0.15) is 110 Å². The van der Waals surface area contributed by atoms with Gasteiger partial charge < -0.3 is 18.9 Å². The normalized spacial score (nSPS) is 13.7. The smallest absolute Gasteiger partial charge is 0.0564 e. The highest BCUT2D eigenvalue weighted by Crippen LogP contribution is 2.54. The van der Waals surface area contributed by atoms with Gasteiger partial charge in [-0.1, -0.05) is 149 Å². The van der Waals surface area contributed by atoms with E-state index in [2.05, 4.69) is 267 Å². The molecular formula is C80H70N4. The first-order valence-corrected chi connectivity index (χ1v) is 31.0. The van der Waals surface area contributed by atoms with Crippen molar-refractivity contribution in [3.63, 3.8) is 0 Å². The Hall–Kier alpha value is -9.12. The number of hydrogen-bond acceptors (Lipinski definition) is 2. The Balaban J connectivity index is 1.02. The molecule has 2 aliphatic carbocycles. The van der Waals surface area contributed by atoms with Gasteiger partial charge in [-0.3, -0.25) is 0 Å². The maximum atomic E-state index is 2.69. The van der Waals surface area contributed by atoms with Gasteiger partial charge >= 0.3 is 0 Å². The summed E-state index contributed by atoms with van der Waals surface area (Å²) in [5.74, 6) is 0.513. The number of anilines is 6.